The molecule has 2 aromatic carbocycles. The molecule has 1 aromatic heterocycles. The van der Waals surface area contributed by atoms with Gasteiger partial charge in [-0.2, -0.15) is 0 Å². The molecule has 0 saturated heterocycles. The molecule has 0 fully saturated rings. The topological polar surface area (TPSA) is 4.93 Å². The Morgan fingerprint density at radius 3 is 2.44 bits per heavy atom. The van der Waals surface area contributed by atoms with Crippen molar-refractivity contribution in [3.8, 4) is 0 Å². The van der Waals surface area contributed by atoms with Gasteiger partial charge in [0.25, 0.3) is 0 Å². The van der Waals surface area contributed by atoms with Gasteiger partial charge in [0.05, 0.1) is 0 Å². The summed E-state index contributed by atoms with van der Waals surface area (Å²) in [5.41, 5.74) is 2.37. The van der Waals surface area contributed by atoms with Crippen LogP contribution in [0.25, 0.3) is 10.9 Å². The quantitative estimate of drug-likeness (QED) is 0.621. The van der Waals surface area contributed by atoms with Crippen LogP contribution in [-0.2, 0) is 6.54 Å². The van der Waals surface area contributed by atoms with Crippen LogP contribution in [-0.4, -0.2) is 4.57 Å². The molecule has 1 nitrogen and oxygen atoms in total. The van der Waals surface area contributed by atoms with E-state index in [0.29, 0.717) is 0 Å². The summed E-state index contributed by atoms with van der Waals surface area (Å²) >= 11 is 12.0. The predicted octanol–water partition coefficient (Wildman–Crippen LogP) is 5.00. The highest BCUT2D eigenvalue weighted by molar-refractivity contribution is 6.35. The third-order valence-electron chi connectivity index (χ3n) is 3.03. The van der Waals surface area contributed by atoms with Crippen LogP contribution < -0.4 is 0 Å². The Morgan fingerprint density at radius 1 is 0.889 bits per heavy atom. The highest BCUT2D eigenvalue weighted by atomic mass is 35.5. The maximum absolute atomic E-state index is 6.16. The molecule has 0 atom stereocenters. The van der Waals surface area contributed by atoms with Crippen molar-refractivity contribution in [2.45, 2.75) is 6.54 Å². The predicted molar refractivity (Wildman–Crippen MR) is 77.5 cm³/mol. The van der Waals surface area contributed by atoms with Crippen molar-refractivity contribution in [2.24, 2.45) is 0 Å². The van der Waals surface area contributed by atoms with E-state index in [9.17, 15) is 0 Å². The number of benzene rings is 2. The minimum Gasteiger partial charge on any atom is -0.343 e. The van der Waals surface area contributed by atoms with E-state index in [4.69, 9.17) is 23.2 Å². The van der Waals surface area contributed by atoms with Crippen molar-refractivity contribution in [1.29, 1.82) is 0 Å². The number of nitrogens with zero attached hydrogens (tertiary/aromatic N) is 1. The summed E-state index contributed by atoms with van der Waals surface area (Å²) in [7, 11) is 0. The van der Waals surface area contributed by atoms with Gasteiger partial charge >= 0.3 is 0 Å². The standard InChI is InChI=1S/C15H11Cl2N/c16-12-6-4-11(5-7-12)10-18-9-8-13-14(17)2-1-3-15(13)18/h1-9H,10H2. The number of aromatic nitrogens is 1. The summed E-state index contributed by atoms with van der Waals surface area (Å²) < 4.78 is 2.18. The maximum atomic E-state index is 6.16. The zero-order valence-corrected chi connectivity index (χ0v) is 11.1. The first-order valence-electron chi connectivity index (χ1n) is 5.72. The van der Waals surface area contributed by atoms with Crippen molar-refractivity contribution < 1.29 is 0 Å². The van der Waals surface area contributed by atoms with Gasteiger partial charge in [-0.05, 0) is 35.9 Å². The molecular formula is C15H11Cl2N. The van der Waals surface area contributed by atoms with Crippen molar-refractivity contribution in [2.75, 3.05) is 0 Å². The van der Waals surface area contributed by atoms with Gasteiger partial charge in [0.1, 0.15) is 0 Å². The van der Waals surface area contributed by atoms with Crippen LogP contribution in [0.5, 0.6) is 0 Å². The van der Waals surface area contributed by atoms with Crippen LogP contribution in [0.4, 0.5) is 0 Å². The van der Waals surface area contributed by atoms with Crippen molar-refractivity contribution in [3.05, 3.63) is 70.3 Å². The number of hydrogen-bond donors (Lipinski definition) is 0. The second-order valence-electron chi connectivity index (χ2n) is 4.24. The number of halogens is 2. The first-order chi connectivity index (χ1) is 8.74. The molecule has 0 saturated carbocycles. The average Bonchev–Trinajstić information content (AvgIpc) is 2.77. The minimum atomic E-state index is 0.763. The van der Waals surface area contributed by atoms with E-state index >= 15 is 0 Å². The molecule has 0 unspecified atom stereocenters. The van der Waals surface area contributed by atoms with Gasteiger partial charge in [-0.15, -0.1) is 0 Å². The van der Waals surface area contributed by atoms with E-state index in [2.05, 4.69) is 16.8 Å². The Hall–Kier alpha value is -1.44. The third kappa shape index (κ3) is 2.12. The zero-order chi connectivity index (χ0) is 12.5. The normalized spacial score (nSPS) is 11.0. The van der Waals surface area contributed by atoms with Gasteiger partial charge in [-0.25, -0.2) is 0 Å². The van der Waals surface area contributed by atoms with Crippen LogP contribution in [0.2, 0.25) is 10.0 Å². The number of fused-ring (bicyclic) bond motifs is 1. The fraction of sp³-hybridized carbons (Fsp3) is 0.0667. The summed E-state index contributed by atoms with van der Waals surface area (Å²) in [5.74, 6) is 0. The Morgan fingerprint density at radius 2 is 1.67 bits per heavy atom. The molecule has 0 radical (unpaired) electrons. The van der Waals surface area contributed by atoms with Crippen molar-refractivity contribution in [3.63, 3.8) is 0 Å². The van der Waals surface area contributed by atoms with E-state index in [0.717, 1.165) is 27.5 Å². The molecule has 18 heavy (non-hydrogen) atoms. The van der Waals surface area contributed by atoms with E-state index in [1.165, 1.54) is 5.56 Å². The van der Waals surface area contributed by atoms with Crippen LogP contribution in [0.3, 0.4) is 0 Å². The molecule has 0 aliphatic rings. The Labute approximate surface area is 116 Å². The molecule has 0 bridgehead atoms. The van der Waals surface area contributed by atoms with Gasteiger partial charge in [-0.3, -0.25) is 0 Å². The lowest BCUT2D eigenvalue weighted by atomic mass is 10.2. The number of rotatable bonds is 2. The second-order valence-corrected chi connectivity index (χ2v) is 5.09. The number of hydrogen-bond acceptors (Lipinski definition) is 0. The zero-order valence-electron chi connectivity index (χ0n) is 9.61. The fourth-order valence-corrected chi connectivity index (χ4v) is 2.47. The van der Waals surface area contributed by atoms with E-state index in [1.54, 1.807) is 0 Å². The first-order valence-corrected chi connectivity index (χ1v) is 6.47. The Kier molecular flexibility index (Phi) is 3.02. The van der Waals surface area contributed by atoms with Gasteiger partial charge in [0.15, 0.2) is 0 Å². The lowest BCUT2D eigenvalue weighted by Crippen LogP contribution is -1.97. The summed E-state index contributed by atoms with van der Waals surface area (Å²) in [4.78, 5) is 0. The van der Waals surface area contributed by atoms with E-state index in [1.807, 2.05) is 42.5 Å². The van der Waals surface area contributed by atoms with Crippen molar-refractivity contribution in [1.82, 2.24) is 4.57 Å². The SMILES string of the molecule is Clc1ccc(Cn2ccc3c(Cl)cccc32)cc1. The van der Waals surface area contributed by atoms with Gasteiger partial charge in [0, 0.05) is 33.7 Å². The van der Waals surface area contributed by atoms with Crippen LogP contribution in [0.15, 0.2) is 54.7 Å². The Balaban J connectivity index is 2.00. The molecule has 3 rings (SSSR count). The largest absolute Gasteiger partial charge is 0.343 e. The monoisotopic (exact) mass is 275 g/mol. The summed E-state index contributed by atoms with van der Waals surface area (Å²) in [6.45, 7) is 0.820. The Bertz CT molecular complexity index is 683. The van der Waals surface area contributed by atoms with Crippen molar-refractivity contribution >= 4 is 34.1 Å². The van der Waals surface area contributed by atoms with Crippen LogP contribution >= 0.6 is 23.2 Å². The van der Waals surface area contributed by atoms with Gasteiger partial charge in [-0.1, -0.05) is 41.4 Å². The third-order valence-corrected chi connectivity index (χ3v) is 3.61. The fourth-order valence-electron chi connectivity index (χ4n) is 2.11. The molecule has 3 aromatic rings. The smallest absolute Gasteiger partial charge is 0.0499 e. The molecule has 1 heterocycles. The minimum absolute atomic E-state index is 0.763. The molecule has 0 amide bonds. The lowest BCUT2D eigenvalue weighted by molar-refractivity contribution is 0.837. The second kappa shape index (κ2) is 4.68. The molecule has 0 spiro atoms. The molecule has 0 aliphatic carbocycles. The summed E-state index contributed by atoms with van der Waals surface area (Å²) in [6.07, 6.45) is 2.06. The maximum Gasteiger partial charge on any atom is 0.0499 e. The van der Waals surface area contributed by atoms with Gasteiger partial charge < -0.3 is 4.57 Å². The lowest BCUT2D eigenvalue weighted by Gasteiger charge is -2.06. The van der Waals surface area contributed by atoms with Gasteiger partial charge in [0.2, 0.25) is 0 Å². The van der Waals surface area contributed by atoms with E-state index < -0.39 is 0 Å². The molecule has 90 valence electrons. The molecule has 0 aliphatic heterocycles. The first kappa shape index (κ1) is 11.6. The molecular weight excluding hydrogens is 265 g/mol. The summed E-state index contributed by atoms with van der Waals surface area (Å²) in [5, 5.41) is 2.65. The van der Waals surface area contributed by atoms with E-state index in [-0.39, 0.29) is 0 Å². The highest BCUT2D eigenvalue weighted by Gasteiger charge is 2.04. The van der Waals surface area contributed by atoms with Crippen LogP contribution in [0, 0.1) is 0 Å². The molecule has 3 heteroatoms. The average molecular weight is 276 g/mol. The van der Waals surface area contributed by atoms with Crippen LogP contribution in [0.1, 0.15) is 5.56 Å². The summed E-state index contributed by atoms with van der Waals surface area (Å²) in [6, 6.07) is 15.9. The highest BCUT2D eigenvalue weighted by Crippen LogP contribution is 2.25. The molecule has 0 N–H and O–H groups in total.